The van der Waals surface area contributed by atoms with E-state index >= 15 is 0 Å². The molecule has 0 aromatic carbocycles. The number of aromatic nitrogens is 1. The summed E-state index contributed by atoms with van der Waals surface area (Å²) in [7, 11) is 1.76. The van der Waals surface area contributed by atoms with E-state index in [-0.39, 0.29) is 5.60 Å². The van der Waals surface area contributed by atoms with Gasteiger partial charge in [-0.1, -0.05) is 0 Å². The summed E-state index contributed by atoms with van der Waals surface area (Å²) >= 11 is 0. The van der Waals surface area contributed by atoms with Crippen LogP contribution in [0.1, 0.15) is 38.6 Å². The van der Waals surface area contributed by atoms with Crippen molar-refractivity contribution in [2.75, 3.05) is 12.5 Å². The Morgan fingerprint density at radius 1 is 1.31 bits per heavy atom. The molecule has 1 heterocycles. The first kappa shape index (κ1) is 13.1. The zero-order chi connectivity index (χ0) is 12.3. The van der Waals surface area contributed by atoms with Gasteiger partial charge in [0.15, 0.2) is 0 Å². The summed E-state index contributed by atoms with van der Waals surface area (Å²) in [5.41, 5.74) is 5.87. The number of nitrogens with one attached hydrogen (secondary N) is 1. The summed E-state index contributed by atoms with van der Waals surface area (Å²) in [6.45, 7) is 10.6. The Hall–Kier alpha value is -0.960. The molecule has 0 aliphatic carbocycles. The van der Waals surface area contributed by atoms with Crippen molar-refractivity contribution >= 4 is 0 Å². The average molecular weight is 224 g/mol. The summed E-state index contributed by atoms with van der Waals surface area (Å²) < 4.78 is 7.57. The summed E-state index contributed by atoms with van der Waals surface area (Å²) in [5.74, 6) is 0. The van der Waals surface area contributed by atoms with Gasteiger partial charge >= 0.3 is 0 Å². The monoisotopic (exact) mass is 224 g/mol. The van der Waals surface area contributed by atoms with Crippen LogP contribution >= 0.6 is 0 Å². The number of aryl methyl sites for hydroxylation is 2. The first-order valence-electron chi connectivity index (χ1n) is 5.82. The first-order valence-corrected chi connectivity index (χ1v) is 5.82. The molecular weight excluding hydrogens is 200 g/mol. The summed E-state index contributed by atoms with van der Waals surface area (Å²) in [6.07, 6.45) is 0.973. The molecule has 0 fully saturated rings. The number of hydrogen-bond donors (Lipinski definition) is 1. The zero-order valence-electron chi connectivity index (χ0n) is 11.3. The van der Waals surface area contributed by atoms with Crippen molar-refractivity contribution in [3.8, 4) is 0 Å². The maximum atomic E-state index is 5.44. The van der Waals surface area contributed by atoms with Gasteiger partial charge in [0.05, 0.1) is 5.60 Å². The Kier molecular flexibility index (Phi) is 4.03. The third-order valence-electron chi connectivity index (χ3n) is 2.97. The molecule has 0 saturated heterocycles. The van der Waals surface area contributed by atoms with E-state index in [2.05, 4.69) is 56.9 Å². The van der Waals surface area contributed by atoms with Crippen LogP contribution in [0.2, 0.25) is 0 Å². The van der Waals surface area contributed by atoms with Crippen LogP contribution in [0.3, 0.4) is 0 Å². The van der Waals surface area contributed by atoms with Crippen LogP contribution in [0.5, 0.6) is 0 Å². The molecule has 1 atom stereocenters. The van der Waals surface area contributed by atoms with Crippen molar-refractivity contribution in [1.29, 1.82) is 0 Å². The highest BCUT2D eigenvalue weighted by molar-refractivity contribution is 5.15. The molecule has 3 heteroatoms. The normalized spacial score (nSPS) is 13.9. The Morgan fingerprint density at radius 3 is 2.25 bits per heavy atom. The summed E-state index contributed by atoms with van der Waals surface area (Å²) in [4.78, 5) is 0. The van der Waals surface area contributed by atoms with Gasteiger partial charge in [-0.2, -0.15) is 0 Å². The molecule has 0 aliphatic heterocycles. The standard InChI is InChI=1S/C13H24N2O/c1-10(9-13(4,5)16-6)14-15-11(2)7-8-12(15)3/h7-8,10,14H,9H2,1-6H3. The predicted molar refractivity (Wildman–Crippen MR) is 68.4 cm³/mol. The quantitative estimate of drug-likeness (QED) is 0.832. The summed E-state index contributed by atoms with van der Waals surface area (Å²) in [6, 6.07) is 4.62. The lowest BCUT2D eigenvalue weighted by atomic mass is 10.0. The fourth-order valence-corrected chi connectivity index (χ4v) is 1.96. The van der Waals surface area contributed by atoms with Crippen LogP contribution in [0.25, 0.3) is 0 Å². The minimum atomic E-state index is -0.0820. The Balaban J connectivity index is 2.62. The molecule has 0 spiro atoms. The van der Waals surface area contributed by atoms with Crippen LogP contribution < -0.4 is 5.43 Å². The fraction of sp³-hybridized carbons (Fsp3) is 0.692. The highest BCUT2D eigenvalue weighted by atomic mass is 16.5. The van der Waals surface area contributed by atoms with Crippen molar-refractivity contribution in [3.63, 3.8) is 0 Å². The SMILES string of the molecule is COC(C)(C)CC(C)Nn1c(C)ccc1C. The van der Waals surface area contributed by atoms with Gasteiger partial charge in [-0.3, -0.25) is 4.68 Å². The summed E-state index contributed by atoms with van der Waals surface area (Å²) in [5, 5.41) is 0. The van der Waals surface area contributed by atoms with Crippen LogP contribution in [0, 0.1) is 13.8 Å². The largest absolute Gasteiger partial charge is 0.379 e. The van der Waals surface area contributed by atoms with Gasteiger partial charge in [0, 0.05) is 24.5 Å². The first-order chi connectivity index (χ1) is 7.35. The topological polar surface area (TPSA) is 26.2 Å². The lowest BCUT2D eigenvalue weighted by Crippen LogP contribution is -2.35. The molecule has 1 unspecified atom stereocenters. The van der Waals surface area contributed by atoms with E-state index < -0.39 is 0 Å². The van der Waals surface area contributed by atoms with Crippen LogP contribution in [0.4, 0.5) is 0 Å². The maximum absolute atomic E-state index is 5.44. The lowest BCUT2D eigenvalue weighted by Gasteiger charge is -2.28. The molecule has 92 valence electrons. The average Bonchev–Trinajstić information content (AvgIpc) is 2.49. The minimum Gasteiger partial charge on any atom is -0.379 e. The van der Waals surface area contributed by atoms with Crippen molar-refractivity contribution in [3.05, 3.63) is 23.5 Å². The van der Waals surface area contributed by atoms with E-state index in [1.807, 2.05) is 0 Å². The number of hydrogen-bond acceptors (Lipinski definition) is 2. The molecule has 0 radical (unpaired) electrons. The van der Waals surface area contributed by atoms with Gasteiger partial charge in [0.25, 0.3) is 0 Å². The fourth-order valence-electron chi connectivity index (χ4n) is 1.96. The molecule has 16 heavy (non-hydrogen) atoms. The third-order valence-corrected chi connectivity index (χ3v) is 2.97. The van der Waals surface area contributed by atoms with Crippen molar-refractivity contribution in [2.24, 2.45) is 0 Å². The highest BCUT2D eigenvalue weighted by Gasteiger charge is 2.20. The van der Waals surface area contributed by atoms with Gasteiger partial charge in [0.1, 0.15) is 0 Å². The predicted octanol–water partition coefficient (Wildman–Crippen LogP) is 2.85. The second kappa shape index (κ2) is 4.91. The van der Waals surface area contributed by atoms with E-state index in [9.17, 15) is 0 Å². The molecular formula is C13H24N2O. The van der Waals surface area contributed by atoms with E-state index in [0.29, 0.717) is 6.04 Å². The Morgan fingerprint density at radius 2 is 1.81 bits per heavy atom. The van der Waals surface area contributed by atoms with E-state index in [1.54, 1.807) is 7.11 Å². The zero-order valence-corrected chi connectivity index (χ0v) is 11.3. The Bertz CT molecular complexity index is 322. The van der Waals surface area contributed by atoms with Crippen molar-refractivity contribution in [1.82, 2.24) is 4.68 Å². The smallest absolute Gasteiger partial charge is 0.0642 e. The molecule has 0 aliphatic rings. The molecule has 0 amide bonds. The van der Waals surface area contributed by atoms with Gasteiger partial charge in [-0.15, -0.1) is 0 Å². The molecule has 0 saturated carbocycles. The van der Waals surface area contributed by atoms with Crippen molar-refractivity contribution in [2.45, 2.75) is 52.7 Å². The second-order valence-corrected chi connectivity index (χ2v) is 5.15. The van der Waals surface area contributed by atoms with Gasteiger partial charge in [-0.25, -0.2) is 0 Å². The number of ether oxygens (including phenoxy) is 1. The number of rotatable bonds is 5. The van der Waals surface area contributed by atoms with Crippen LogP contribution in [-0.2, 0) is 4.74 Å². The highest BCUT2D eigenvalue weighted by Crippen LogP contribution is 2.16. The van der Waals surface area contributed by atoms with Gasteiger partial charge in [0.2, 0.25) is 0 Å². The molecule has 0 bridgehead atoms. The van der Waals surface area contributed by atoms with E-state index in [0.717, 1.165) is 6.42 Å². The Labute approximate surface area is 98.8 Å². The van der Waals surface area contributed by atoms with E-state index in [4.69, 9.17) is 4.74 Å². The molecule has 1 N–H and O–H groups in total. The number of nitrogens with zero attached hydrogens (tertiary/aromatic N) is 1. The minimum absolute atomic E-state index is 0.0820. The molecule has 1 rings (SSSR count). The maximum Gasteiger partial charge on any atom is 0.0642 e. The molecule has 1 aromatic heterocycles. The second-order valence-electron chi connectivity index (χ2n) is 5.15. The van der Waals surface area contributed by atoms with Gasteiger partial charge in [-0.05, 0) is 53.2 Å². The van der Waals surface area contributed by atoms with E-state index in [1.165, 1.54) is 11.4 Å². The lowest BCUT2D eigenvalue weighted by molar-refractivity contribution is 0.0120. The third kappa shape index (κ3) is 3.27. The molecule has 1 aromatic rings. The van der Waals surface area contributed by atoms with Gasteiger partial charge < -0.3 is 10.2 Å². The van der Waals surface area contributed by atoms with Crippen LogP contribution in [0.15, 0.2) is 12.1 Å². The number of methoxy groups -OCH3 is 1. The van der Waals surface area contributed by atoms with Crippen LogP contribution in [-0.4, -0.2) is 23.4 Å². The molecule has 3 nitrogen and oxygen atoms in total. The van der Waals surface area contributed by atoms with Crippen molar-refractivity contribution < 1.29 is 4.74 Å².